The van der Waals surface area contributed by atoms with Gasteiger partial charge in [-0.3, -0.25) is 4.55 Å². The van der Waals surface area contributed by atoms with E-state index in [0.29, 0.717) is 0 Å². The Hall–Kier alpha value is -0.990. The number of halogens is 2. The van der Waals surface area contributed by atoms with E-state index in [1.807, 2.05) is 0 Å². The Balaban J connectivity index is 2.68. The minimum absolute atomic E-state index is 0.0988. The van der Waals surface area contributed by atoms with Gasteiger partial charge in [-0.1, -0.05) is 6.07 Å². The molecule has 1 N–H and O–H groups in total. The van der Waals surface area contributed by atoms with Crippen molar-refractivity contribution < 1.29 is 26.9 Å². The summed E-state index contributed by atoms with van der Waals surface area (Å²) in [6, 6.07) is 4.05. The van der Waals surface area contributed by atoms with E-state index in [1.165, 1.54) is 18.2 Å². The number of carbonyl (C=O) groups is 1. The summed E-state index contributed by atoms with van der Waals surface area (Å²) in [6.07, 6.45) is 0. The van der Waals surface area contributed by atoms with E-state index in [1.54, 1.807) is 0 Å². The van der Waals surface area contributed by atoms with Gasteiger partial charge in [0.2, 0.25) is 0 Å². The molecule has 0 saturated carbocycles. The Morgan fingerprint density at radius 2 is 2.12 bits per heavy atom. The standard InChI is InChI=1S/C9H8BrFO5S/c10-7-3-1-2-6(8(7)11)9(12)16-4-5-17(13,14)15/h1-3H,4-5H2,(H,13,14,15). The molecule has 0 bridgehead atoms. The summed E-state index contributed by atoms with van der Waals surface area (Å²) >= 11 is 2.90. The van der Waals surface area contributed by atoms with Gasteiger partial charge in [0.15, 0.2) is 5.82 Å². The molecule has 0 spiro atoms. The zero-order valence-corrected chi connectivity index (χ0v) is 10.8. The molecule has 0 unspecified atom stereocenters. The van der Waals surface area contributed by atoms with Gasteiger partial charge >= 0.3 is 5.97 Å². The van der Waals surface area contributed by atoms with Gasteiger partial charge in [-0.15, -0.1) is 0 Å². The number of hydrogen-bond donors (Lipinski definition) is 1. The van der Waals surface area contributed by atoms with Crippen LogP contribution in [0.4, 0.5) is 4.39 Å². The molecule has 0 heterocycles. The first-order valence-corrected chi connectivity index (χ1v) is 6.78. The summed E-state index contributed by atoms with van der Waals surface area (Å²) < 4.78 is 47.1. The fraction of sp³-hybridized carbons (Fsp3) is 0.222. The highest BCUT2D eigenvalue weighted by Gasteiger charge is 2.16. The van der Waals surface area contributed by atoms with Crippen molar-refractivity contribution in [3.05, 3.63) is 34.1 Å². The molecule has 5 nitrogen and oxygen atoms in total. The van der Waals surface area contributed by atoms with Crippen LogP contribution in [0.1, 0.15) is 10.4 Å². The summed E-state index contributed by atoms with van der Waals surface area (Å²) in [6.45, 7) is -0.538. The van der Waals surface area contributed by atoms with Gasteiger partial charge in [-0.25, -0.2) is 9.18 Å². The molecule has 0 aliphatic heterocycles. The third kappa shape index (κ3) is 4.41. The topological polar surface area (TPSA) is 80.7 Å². The molecular formula is C9H8BrFO5S. The van der Waals surface area contributed by atoms with Crippen LogP contribution >= 0.6 is 15.9 Å². The van der Waals surface area contributed by atoms with Crippen molar-refractivity contribution in [2.75, 3.05) is 12.4 Å². The number of benzene rings is 1. The third-order valence-corrected chi connectivity index (χ3v) is 3.04. The van der Waals surface area contributed by atoms with Gasteiger partial charge in [0.1, 0.15) is 12.4 Å². The average Bonchev–Trinajstić information content (AvgIpc) is 2.20. The first-order chi connectivity index (χ1) is 7.81. The Morgan fingerprint density at radius 1 is 1.47 bits per heavy atom. The van der Waals surface area contributed by atoms with Crippen LogP contribution in [0, 0.1) is 5.82 Å². The first-order valence-electron chi connectivity index (χ1n) is 4.37. The van der Waals surface area contributed by atoms with Crippen molar-refractivity contribution in [3.8, 4) is 0 Å². The highest BCUT2D eigenvalue weighted by atomic mass is 79.9. The Labute approximate surface area is 105 Å². The van der Waals surface area contributed by atoms with Gasteiger partial charge < -0.3 is 4.74 Å². The number of esters is 1. The zero-order valence-electron chi connectivity index (χ0n) is 8.39. The van der Waals surface area contributed by atoms with Crippen LogP contribution in [0.2, 0.25) is 0 Å². The van der Waals surface area contributed by atoms with Crippen LogP contribution in [0.5, 0.6) is 0 Å². The Morgan fingerprint density at radius 3 is 2.71 bits per heavy atom. The van der Waals surface area contributed by atoms with Gasteiger partial charge in [0, 0.05) is 0 Å². The first kappa shape index (κ1) is 14.1. The monoisotopic (exact) mass is 326 g/mol. The third-order valence-electron chi connectivity index (χ3n) is 1.75. The Bertz CT molecular complexity index is 528. The summed E-state index contributed by atoms with van der Waals surface area (Å²) in [5, 5.41) is 0. The molecule has 0 aromatic heterocycles. The lowest BCUT2D eigenvalue weighted by molar-refractivity contribution is 0.0523. The highest BCUT2D eigenvalue weighted by molar-refractivity contribution is 9.10. The lowest BCUT2D eigenvalue weighted by Gasteiger charge is -2.05. The number of hydrogen-bond acceptors (Lipinski definition) is 4. The molecule has 0 amide bonds. The van der Waals surface area contributed by atoms with Crippen LogP contribution < -0.4 is 0 Å². The predicted molar refractivity (Wildman–Crippen MR) is 60.8 cm³/mol. The maximum atomic E-state index is 13.4. The van der Waals surface area contributed by atoms with E-state index in [0.717, 1.165) is 0 Å². The van der Waals surface area contributed by atoms with Crippen molar-refractivity contribution >= 4 is 32.0 Å². The molecule has 0 aliphatic carbocycles. The van der Waals surface area contributed by atoms with Crippen LogP contribution in [0.3, 0.4) is 0 Å². The van der Waals surface area contributed by atoms with Crippen LogP contribution in [0.25, 0.3) is 0 Å². The van der Waals surface area contributed by atoms with Crippen molar-refractivity contribution in [1.82, 2.24) is 0 Å². The van der Waals surface area contributed by atoms with Gasteiger partial charge in [0.25, 0.3) is 10.1 Å². The SMILES string of the molecule is O=C(OCCS(=O)(=O)O)c1cccc(Br)c1F. The van der Waals surface area contributed by atoms with E-state index in [4.69, 9.17) is 4.55 Å². The minimum Gasteiger partial charge on any atom is -0.461 e. The summed E-state index contributed by atoms with van der Waals surface area (Å²) in [5.41, 5.74) is -0.310. The van der Waals surface area contributed by atoms with E-state index >= 15 is 0 Å². The van der Waals surface area contributed by atoms with E-state index < -0.39 is 34.3 Å². The predicted octanol–water partition coefficient (Wildman–Crippen LogP) is 1.63. The second kappa shape index (κ2) is 5.56. The number of ether oxygens (including phenoxy) is 1. The average molecular weight is 327 g/mol. The molecule has 0 fully saturated rings. The fourth-order valence-corrected chi connectivity index (χ4v) is 1.64. The fourth-order valence-electron chi connectivity index (χ4n) is 0.979. The molecule has 94 valence electrons. The molecule has 1 rings (SSSR count). The second-order valence-corrected chi connectivity index (χ2v) is 5.45. The maximum absolute atomic E-state index is 13.4. The van der Waals surface area contributed by atoms with Crippen LogP contribution in [-0.4, -0.2) is 31.3 Å². The Kier molecular flexibility index (Phi) is 4.61. The van der Waals surface area contributed by atoms with E-state index in [2.05, 4.69) is 20.7 Å². The molecule has 1 aromatic carbocycles. The van der Waals surface area contributed by atoms with Crippen molar-refractivity contribution in [3.63, 3.8) is 0 Å². The summed E-state index contributed by atoms with van der Waals surface area (Å²) in [4.78, 5) is 11.3. The van der Waals surface area contributed by atoms with Crippen molar-refractivity contribution in [1.29, 1.82) is 0 Å². The van der Waals surface area contributed by atoms with Crippen molar-refractivity contribution in [2.45, 2.75) is 0 Å². The minimum atomic E-state index is -4.20. The molecule has 0 aliphatic rings. The lowest BCUT2D eigenvalue weighted by Crippen LogP contribution is -2.15. The van der Waals surface area contributed by atoms with E-state index in [9.17, 15) is 17.6 Å². The quantitative estimate of drug-likeness (QED) is 0.672. The van der Waals surface area contributed by atoms with Crippen molar-refractivity contribution in [2.24, 2.45) is 0 Å². The molecule has 0 saturated heterocycles. The zero-order chi connectivity index (χ0) is 13.1. The summed E-state index contributed by atoms with van der Waals surface area (Å²) in [7, 11) is -4.20. The van der Waals surface area contributed by atoms with Gasteiger partial charge in [-0.2, -0.15) is 8.42 Å². The molecule has 0 atom stereocenters. The maximum Gasteiger partial charge on any atom is 0.341 e. The molecule has 0 radical (unpaired) electrons. The van der Waals surface area contributed by atoms with Crippen LogP contribution in [-0.2, 0) is 14.9 Å². The molecular weight excluding hydrogens is 319 g/mol. The largest absolute Gasteiger partial charge is 0.461 e. The normalized spacial score (nSPS) is 11.2. The molecule has 8 heteroatoms. The lowest BCUT2D eigenvalue weighted by atomic mass is 10.2. The summed E-state index contributed by atoms with van der Waals surface area (Å²) in [5.74, 6) is -2.51. The van der Waals surface area contributed by atoms with Gasteiger partial charge in [-0.05, 0) is 28.1 Å². The smallest absolute Gasteiger partial charge is 0.341 e. The van der Waals surface area contributed by atoms with Gasteiger partial charge in [0.05, 0.1) is 10.0 Å². The van der Waals surface area contributed by atoms with E-state index in [-0.39, 0.29) is 10.0 Å². The van der Waals surface area contributed by atoms with Crippen LogP contribution in [0.15, 0.2) is 22.7 Å². The molecule has 1 aromatic rings. The number of carbonyl (C=O) groups excluding carboxylic acids is 1. The number of rotatable bonds is 4. The highest BCUT2D eigenvalue weighted by Crippen LogP contribution is 2.19. The second-order valence-electron chi connectivity index (χ2n) is 3.02. The molecule has 17 heavy (non-hydrogen) atoms.